The van der Waals surface area contributed by atoms with Crippen LogP contribution in [-0.2, 0) is 5.41 Å². The van der Waals surface area contributed by atoms with Gasteiger partial charge >= 0.3 is 0 Å². The summed E-state index contributed by atoms with van der Waals surface area (Å²) in [4.78, 5) is 2.45. The van der Waals surface area contributed by atoms with Crippen molar-refractivity contribution in [1.29, 1.82) is 0 Å². The van der Waals surface area contributed by atoms with E-state index in [2.05, 4.69) is 236 Å². The molecule has 0 bridgehead atoms. The van der Waals surface area contributed by atoms with Crippen LogP contribution in [0.15, 0.2) is 212 Å². The fourth-order valence-corrected chi connectivity index (χ4v) is 8.81. The Hall–Kier alpha value is -7.16. The van der Waals surface area contributed by atoms with Gasteiger partial charge in [0.05, 0.1) is 5.69 Å². The Kier molecular flexibility index (Phi) is 8.53. The average molecular weight is 731 g/mol. The molecule has 1 aliphatic rings. The highest BCUT2D eigenvalue weighted by molar-refractivity contribution is 6.05. The van der Waals surface area contributed by atoms with E-state index in [-0.39, 0.29) is 5.41 Å². The number of hydrogen-bond acceptors (Lipinski definition) is 2. The van der Waals surface area contributed by atoms with E-state index in [1.54, 1.807) is 0 Å². The van der Waals surface area contributed by atoms with Crippen LogP contribution in [0.2, 0.25) is 0 Å². The van der Waals surface area contributed by atoms with E-state index in [1.807, 2.05) is 0 Å². The number of benzene rings is 9. The van der Waals surface area contributed by atoms with Gasteiger partial charge in [0.2, 0.25) is 0 Å². The smallest absolute Gasteiger partial charge is 0.0546 e. The van der Waals surface area contributed by atoms with Gasteiger partial charge in [-0.25, -0.2) is 0 Å². The zero-order valence-corrected chi connectivity index (χ0v) is 32.2. The monoisotopic (exact) mass is 730 g/mol. The van der Waals surface area contributed by atoms with Crippen molar-refractivity contribution in [3.8, 4) is 44.5 Å². The third-order valence-electron chi connectivity index (χ3n) is 11.6. The van der Waals surface area contributed by atoms with Crippen LogP contribution in [0.4, 0.5) is 28.4 Å². The number of fused-ring (bicyclic) bond motifs is 4. The first-order chi connectivity index (χ1) is 28.0. The summed E-state index contributed by atoms with van der Waals surface area (Å²) in [5, 5.41) is 6.17. The van der Waals surface area contributed by atoms with E-state index < -0.39 is 0 Å². The van der Waals surface area contributed by atoms with Gasteiger partial charge in [0, 0.05) is 39.3 Å². The first-order valence-electron chi connectivity index (χ1n) is 19.8. The fourth-order valence-electron chi connectivity index (χ4n) is 8.81. The minimum Gasteiger partial charge on any atom is -0.355 e. The van der Waals surface area contributed by atoms with E-state index in [0.717, 1.165) is 39.6 Å². The van der Waals surface area contributed by atoms with Crippen molar-refractivity contribution in [3.05, 3.63) is 223 Å². The van der Waals surface area contributed by atoms with Gasteiger partial charge in [0.25, 0.3) is 0 Å². The summed E-state index contributed by atoms with van der Waals surface area (Å²) in [5.74, 6) is 0. The molecule has 2 nitrogen and oxygen atoms in total. The number of rotatable bonds is 8. The highest BCUT2D eigenvalue weighted by atomic mass is 15.1. The van der Waals surface area contributed by atoms with Crippen LogP contribution >= 0.6 is 0 Å². The second-order valence-electron chi connectivity index (χ2n) is 15.4. The van der Waals surface area contributed by atoms with Crippen LogP contribution in [-0.4, -0.2) is 0 Å². The molecule has 0 spiro atoms. The van der Waals surface area contributed by atoms with Crippen molar-refractivity contribution in [2.24, 2.45) is 0 Å². The number of para-hydroxylation sites is 1. The molecule has 0 radical (unpaired) electrons. The molecule has 0 aliphatic heterocycles. The van der Waals surface area contributed by atoms with E-state index in [0.29, 0.717) is 0 Å². The lowest BCUT2D eigenvalue weighted by Gasteiger charge is -2.30. The van der Waals surface area contributed by atoms with Gasteiger partial charge in [-0.2, -0.15) is 0 Å². The van der Waals surface area contributed by atoms with Crippen molar-refractivity contribution in [2.45, 2.75) is 19.3 Å². The third kappa shape index (κ3) is 6.16. The maximum absolute atomic E-state index is 3.72. The first-order valence-corrected chi connectivity index (χ1v) is 19.8. The van der Waals surface area contributed by atoms with Crippen molar-refractivity contribution < 1.29 is 0 Å². The largest absolute Gasteiger partial charge is 0.355 e. The molecule has 0 atom stereocenters. The molecule has 0 saturated heterocycles. The summed E-state index contributed by atoms with van der Waals surface area (Å²) < 4.78 is 0. The maximum Gasteiger partial charge on any atom is 0.0546 e. The predicted molar refractivity (Wildman–Crippen MR) is 242 cm³/mol. The van der Waals surface area contributed by atoms with Crippen molar-refractivity contribution >= 4 is 39.2 Å². The maximum atomic E-state index is 3.72. The standard InChI is InChI=1S/C55H42N2/c1-55(2)50-26-13-11-25-48(50)49-34-33-45(37-51(49)55)57(53-35-30-40-18-9-10-24-47(40)54(53)41-19-7-4-8-20-41)44-31-28-38(29-32-44)42-21-15-22-43(36-42)56-52-27-14-12-23-46(52)39-16-5-3-6-17-39/h3-37,56H,1-2H3. The molecule has 0 fully saturated rings. The zero-order valence-electron chi connectivity index (χ0n) is 32.2. The Bertz CT molecular complexity index is 2890. The molecule has 0 amide bonds. The summed E-state index contributed by atoms with van der Waals surface area (Å²) in [7, 11) is 0. The molecule has 0 saturated carbocycles. The van der Waals surface area contributed by atoms with E-state index >= 15 is 0 Å². The van der Waals surface area contributed by atoms with E-state index in [1.165, 1.54) is 55.3 Å². The van der Waals surface area contributed by atoms with Crippen LogP contribution in [0.3, 0.4) is 0 Å². The molecule has 10 rings (SSSR count). The first kappa shape index (κ1) is 34.3. The number of anilines is 5. The molecule has 0 heterocycles. The Labute approximate surface area is 335 Å². The Morgan fingerprint density at radius 3 is 1.84 bits per heavy atom. The van der Waals surface area contributed by atoms with Gasteiger partial charge < -0.3 is 10.2 Å². The number of hydrogen-bond donors (Lipinski definition) is 1. The van der Waals surface area contributed by atoms with Gasteiger partial charge in [-0.05, 0) is 104 Å². The molecule has 272 valence electrons. The fraction of sp³-hybridized carbons (Fsp3) is 0.0545. The number of nitrogens with one attached hydrogen (secondary N) is 1. The zero-order chi connectivity index (χ0) is 38.3. The molecule has 9 aromatic rings. The van der Waals surface area contributed by atoms with Gasteiger partial charge in [0.15, 0.2) is 0 Å². The molecule has 0 unspecified atom stereocenters. The Morgan fingerprint density at radius 1 is 0.404 bits per heavy atom. The van der Waals surface area contributed by atoms with Crippen molar-refractivity contribution in [2.75, 3.05) is 10.2 Å². The summed E-state index contributed by atoms with van der Waals surface area (Å²) >= 11 is 0. The van der Waals surface area contributed by atoms with Gasteiger partial charge in [-0.1, -0.05) is 178 Å². The highest BCUT2D eigenvalue weighted by Crippen LogP contribution is 2.52. The third-order valence-corrected chi connectivity index (χ3v) is 11.6. The molecule has 1 N–H and O–H groups in total. The van der Waals surface area contributed by atoms with Crippen LogP contribution in [0, 0.1) is 0 Å². The predicted octanol–water partition coefficient (Wildman–Crippen LogP) is 15.4. The van der Waals surface area contributed by atoms with E-state index in [9.17, 15) is 0 Å². The van der Waals surface area contributed by atoms with Gasteiger partial charge in [-0.3, -0.25) is 0 Å². The Balaban J connectivity index is 1.08. The van der Waals surface area contributed by atoms with Gasteiger partial charge in [0.1, 0.15) is 0 Å². The van der Waals surface area contributed by atoms with Crippen molar-refractivity contribution in [1.82, 2.24) is 0 Å². The topological polar surface area (TPSA) is 15.3 Å². The second kappa shape index (κ2) is 14.2. The molecular weight excluding hydrogens is 689 g/mol. The molecule has 1 aliphatic carbocycles. The molecule has 2 heteroatoms. The number of nitrogens with zero attached hydrogens (tertiary/aromatic N) is 1. The van der Waals surface area contributed by atoms with Gasteiger partial charge in [-0.15, -0.1) is 0 Å². The summed E-state index contributed by atoms with van der Waals surface area (Å²) in [6.07, 6.45) is 0. The van der Waals surface area contributed by atoms with Crippen LogP contribution < -0.4 is 10.2 Å². The minimum absolute atomic E-state index is 0.121. The lowest BCUT2D eigenvalue weighted by molar-refractivity contribution is 0.660. The van der Waals surface area contributed by atoms with Crippen LogP contribution in [0.5, 0.6) is 0 Å². The Morgan fingerprint density at radius 2 is 1.04 bits per heavy atom. The van der Waals surface area contributed by atoms with Crippen LogP contribution in [0.1, 0.15) is 25.0 Å². The molecule has 9 aromatic carbocycles. The normalized spacial score (nSPS) is 12.5. The SMILES string of the molecule is CC1(C)c2ccccc2-c2ccc(N(c3ccc(-c4cccc(Nc5ccccc5-c5ccccc5)c4)cc3)c3ccc4ccccc4c3-c3ccccc3)cc21. The summed E-state index contributed by atoms with van der Waals surface area (Å²) in [6.45, 7) is 4.71. The summed E-state index contributed by atoms with van der Waals surface area (Å²) in [5.41, 5.74) is 17.9. The minimum atomic E-state index is -0.121. The lowest BCUT2D eigenvalue weighted by Crippen LogP contribution is -2.17. The highest BCUT2D eigenvalue weighted by Gasteiger charge is 2.36. The molecule has 57 heavy (non-hydrogen) atoms. The average Bonchev–Trinajstić information content (AvgIpc) is 3.50. The quantitative estimate of drug-likeness (QED) is 0.167. The van der Waals surface area contributed by atoms with Crippen molar-refractivity contribution in [3.63, 3.8) is 0 Å². The van der Waals surface area contributed by atoms with Crippen LogP contribution in [0.25, 0.3) is 55.3 Å². The summed E-state index contributed by atoms with van der Waals surface area (Å²) in [6, 6.07) is 76.9. The molecular formula is C55H42N2. The molecule has 0 aromatic heterocycles. The van der Waals surface area contributed by atoms with E-state index in [4.69, 9.17) is 0 Å². The lowest BCUT2D eigenvalue weighted by atomic mass is 9.82. The second-order valence-corrected chi connectivity index (χ2v) is 15.4.